The molecule has 4 radical (unpaired) electrons. The fourth-order valence-electron chi connectivity index (χ4n) is 0. The van der Waals surface area contributed by atoms with Gasteiger partial charge in [0.25, 0.3) is 0 Å². The van der Waals surface area contributed by atoms with Crippen molar-refractivity contribution < 1.29 is 8.92 Å². The minimum Gasteiger partial charge on any atom is -0.383 e. The molecule has 0 N–H and O–H groups in total. The molecule has 0 fully saturated rings. The first-order chi connectivity index (χ1) is 5.29. The van der Waals surface area contributed by atoms with Crippen molar-refractivity contribution >= 4 is 45.0 Å². The van der Waals surface area contributed by atoms with Crippen LogP contribution in [0.1, 0.15) is 0 Å². The van der Waals surface area contributed by atoms with Crippen LogP contribution in [0.3, 0.4) is 0 Å². The number of hydrogen-bond donors (Lipinski definition) is 0. The third-order valence-electron chi connectivity index (χ3n) is 1.26. The summed E-state index contributed by atoms with van der Waals surface area (Å²) in [5, 5.41) is 0. The van der Waals surface area contributed by atoms with Crippen LogP contribution >= 0.6 is 0 Å². The van der Waals surface area contributed by atoms with Gasteiger partial charge in [-0.2, -0.15) is 0 Å². The van der Waals surface area contributed by atoms with Crippen LogP contribution in [0.25, 0.3) is 0 Å². The van der Waals surface area contributed by atoms with Crippen LogP contribution in [0.2, 0.25) is 13.1 Å². The Morgan fingerprint density at radius 3 is 0.846 bits per heavy atom. The summed E-state index contributed by atoms with van der Waals surface area (Å²) in [7, 11) is 4.49. The maximum atomic E-state index is 10.3. The topological polar surface area (TPSA) is 40.6 Å². The summed E-state index contributed by atoms with van der Waals surface area (Å²) in [5.74, 6) is 0. The van der Waals surface area contributed by atoms with Gasteiger partial charge in [0.2, 0.25) is 0 Å². The van der Waals surface area contributed by atoms with Gasteiger partial charge < -0.3 is 18.1 Å². The molecule has 76 valence electrons. The minimum absolute atomic E-state index is 0. The first kappa shape index (κ1) is 19.2. The second kappa shape index (κ2) is 10.6. The second-order valence-electron chi connectivity index (χ2n) is 2.83. The Kier molecular flexibility index (Phi) is 15.7. The molecule has 0 atom stereocenters. The van der Waals surface area contributed by atoms with Crippen molar-refractivity contribution in [2.24, 2.45) is 0 Å². The van der Waals surface area contributed by atoms with Crippen molar-refractivity contribution in [2.75, 3.05) is 28.2 Å². The second-order valence-corrected chi connectivity index (χ2v) is 6.69. The molecule has 7 heteroatoms. The molecular weight excluding hydrogens is 395 g/mol. The van der Waals surface area contributed by atoms with Gasteiger partial charge in [0.15, 0.2) is 0 Å². The van der Waals surface area contributed by atoms with Gasteiger partial charge in [-0.25, -0.2) is 0 Å². The van der Waals surface area contributed by atoms with Crippen molar-refractivity contribution in [1.82, 2.24) is 9.13 Å². The summed E-state index contributed by atoms with van der Waals surface area (Å²) < 4.78 is 23.9. The number of nitrogens with zero attached hydrogens (tertiary/aromatic N) is 2. The Bertz CT molecular complexity index is 147. The first-order valence-electron chi connectivity index (χ1n) is 3.64. The van der Waals surface area contributed by atoms with Gasteiger partial charge in [-0.1, -0.05) is 0 Å². The van der Waals surface area contributed by atoms with Gasteiger partial charge in [-0.05, 0) is 41.3 Å². The molecule has 0 heterocycles. The van der Waals surface area contributed by atoms with E-state index in [2.05, 4.69) is 0 Å². The maximum Gasteiger partial charge on any atom is 0.390 e. The zero-order chi connectivity index (χ0) is 10.3. The molecule has 0 unspecified atom stereocenters. The van der Waals surface area contributed by atoms with Crippen LogP contribution in [0.15, 0.2) is 0 Å². The number of rotatable bonds is 2. The molecule has 0 aromatic rings. The summed E-state index contributed by atoms with van der Waals surface area (Å²) in [6.45, 7) is 3.43. The summed E-state index contributed by atoms with van der Waals surface area (Å²) in [4.78, 5) is 0. The van der Waals surface area contributed by atoms with E-state index in [0.29, 0.717) is 0 Å². The molecule has 0 rings (SSSR count). The Morgan fingerprint density at radius 1 is 0.769 bits per heavy atom. The molecule has 0 aliphatic rings. The SMILES string of the molecule is CN(C)[Si](C)=O.CN(C)[Si](C)=O.[Pb]. The van der Waals surface area contributed by atoms with Crippen molar-refractivity contribution in [3.63, 3.8) is 0 Å². The minimum atomic E-state index is -1.37. The molecule has 0 amide bonds. The van der Waals surface area contributed by atoms with Gasteiger partial charge in [-0.15, -0.1) is 0 Å². The van der Waals surface area contributed by atoms with E-state index in [4.69, 9.17) is 0 Å². The molecule has 4 nitrogen and oxygen atoms in total. The Balaban J connectivity index is -0.000000143. The fraction of sp³-hybridized carbons (Fsp3) is 1.00. The molecule has 0 aliphatic heterocycles. The molecular formula is C6H18N2O2PbSi2. The van der Waals surface area contributed by atoms with Gasteiger partial charge in [0, 0.05) is 27.3 Å². The molecule has 0 saturated heterocycles. The van der Waals surface area contributed by atoms with Crippen LogP contribution in [0.5, 0.6) is 0 Å². The third kappa shape index (κ3) is 19.1. The van der Waals surface area contributed by atoms with E-state index in [9.17, 15) is 8.92 Å². The van der Waals surface area contributed by atoms with E-state index < -0.39 is 17.7 Å². The fourth-order valence-corrected chi connectivity index (χ4v) is 0. The predicted octanol–water partition coefficient (Wildman–Crippen LogP) is -0.188. The average Bonchev–Trinajstić information content (AvgIpc) is 1.88. The van der Waals surface area contributed by atoms with Gasteiger partial charge in [0.1, 0.15) is 0 Å². The van der Waals surface area contributed by atoms with Crippen LogP contribution in [-0.4, -0.2) is 82.3 Å². The zero-order valence-electron chi connectivity index (χ0n) is 9.21. The van der Waals surface area contributed by atoms with Crippen LogP contribution in [0.4, 0.5) is 0 Å². The van der Waals surface area contributed by atoms with E-state index in [1.54, 1.807) is 50.4 Å². The first-order valence-corrected chi connectivity index (χ1v) is 7.36. The van der Waals surface area contributed by atoms with Gasteiger partial charge >= 0.3 is 17.7 Å². The maximum absolute atomic E-state index is 10.3. The zero-order valence-corrected chi connectivity index (χ0v) is 15.1. The van der Waals surface area contributed by atoms with Crippen LogP contribution in [0, 0.1) is 0 Å². The molecule has 0 aliphatic carbocycles. The van der Waals surface area contributed by atoms with E-state index in [1.165, 1.54) is 0 Å². The summed E-state index contributed by atoms with van der Waals surface area (Å²) in [6.07, 6.45) is 0. The quantitative estimate of drug-likeness (QED) is 0.589. The monoisotopic (exact) mass is 414 g/mol. The predicted molar refractivity (Wildman–Crippen MR) is 57.7 cm³/mol. The van der Waals surface area contributed by atoms with E-state index in [-0.39, 0.29) is 27.3 Å². The summed E-state index contributed by atoms with van der Waals surface area (Å²) in [5.41, 5.74) is 0. The molecule has 0 spiro atoms. The molecule has 13 heavy (non-hydrogen) atoms. The molecule has 0 aromatic carbocycles. The van der Waals surface area contributed by atoms with E-state index >= 15 is 0 Å². The van der Waals surface area contributed by atoms with Gasteiger partial charge in [-0.3, -0.25) is 0 Å². The molecule has 0 bridgehead atoms. The van der Waals surface area contributed by atoms with Crippen LogP contribution < -0.4 is 0 Å². The van der Waals surface area contributed by atoms with Crippen molar-refractivity contribution in [1.29, 1.82) is 0 Å². The van der Waals surface area contributed by atoms with E-state index in [0.717, 1.165) is 0 Å². The van der Waals surface area contributed by atoms with E-state index in [1.807, 2.05) is 0 Å². The van der Waals surface area contributed by atoms with Crippen molar-refractivity contribution in [2.45, 2.75) is 13.1 Å². The average molecular weight is 414 g/mol. The summed E-state index contributed by atoms with van der Waals surface area (Å²) >= 11 is 0. The summed E-state index contributed by atoms with van der Waals surface area (Å²) in [6, 6.07) is 0. The molecule has 0 aromatic heterocycles. The Labute approximate surface area is 104 Å². The van der Waals surface area contributed by atoms with Crippen molar-refractivity contribution in [3.05, 3.63) is 0 Å². The van der Waals surface area contributed by atoms with Gasteiger partial charge in [0.05, 0.1) is 0 Å². The smallest absolute Gasteiger partial charge is 0.383 e. The standard InChI is InChI=1S/2C3H9NOSi.Pb/c2*1-4(2)6(3)5;/h2*1-3H3;. The molecule has 0 saturated carbocycles. The third-order valence-corrected chi connectivity index (χ3v) is 3.78. The number of hydrogen-bond acceptors (Lipinski definition) is 2. The van der Waals surface area contributed by atoms with Crippen molar-refractivity contribution in [3.8, 4) is 0 Å². The van der Waals surface area contributed by atoms with Crippen LogP contribution in [-0.2, 0) is 8.92 Å². The Hall–Kier alpha value is 0.556. The Morgan fingerprint density at radius 2 is 0.846 bits per heavy atom. The normalized spacial score (nSPS) is 7.23. The largest absolute Gasteiger partial charge is 0.390 e.